The van der Waals surface area contributed by atoms with Crippen LogP contribution >= 0.6 is 0 Å². The number of rotatable bonds is 5. The minimum Gasteiger partial charge on any atom is -0.366 e. The lowest BCUT2D eigenvalue weighted by Crippen LogP contribution is -2.47. The Morgan fingerprint density at radius 3 is 2.56 bits per heavy atom. The number of anilines is 1. The van der Waals surface area contributed by atoms with Crippen LogP contribution in [0.2, 0.25) is 0 Å². The van der Waals surface area contributed by atoms with E-state index in [1.807, 2.05) is 26.1 Å². The molecular weight excluding hydrogens is 338 g/mol. The summed E-state index contributed by atoms with van der Waals surface area (Å²) < 4.78 is 27.6. The summed E-state index contributed by atoms with van der Waals surface area (Å²) in [6.07, 6.45) is 1.68. The molecule has 0 spiro atoms. The van der Waals surface area contributed by atoms with Crippen LogP contribution in [-0.4, -0.2) is 60.8 Å². The van der Waals surface area contributed by atoms with Crippen LogP contribution in [0, 0.1) is 6.92 Å². The molecule has 3 rings (SSSR count). The average molecular weight is 361 g/mol. The Morgan fingerprint density at radius 1 is 1.12 bits per heavy atom. The Balaban J connectivity index is 1.80. The van der Waals surface area contributed by atoms with Crippen molar-refractivity contribution < 1.29 is 8.42 Å². The molecule has 2 aromatic rings. The summed E-state index contributed by atoms with van der Waals surface area (Å²) in [6.45, 7) is 4.74. The highest BCUT2D eigenvalue weighted by Gasteiger charge is 2.29. The van der Waals surface area contributed by atoms with Crippen LogP contribution in [-0.2, 0) is 16.6 Å². The number of likely N-dealkylation sites (N-methyl/N-ethyl adjacent to an activating group) is 1. The molecule has 0 radical (unpaired) electrons. The Morgan fingerprint density at radius 2 is 1.84 bits per heavy atom. The van der Waals surface area contributed by atoms with Gasteiger partial charge in [-0.1, -0.05) is 18.2 Å². The molecule has 0 amide bonds. The summed E-state index contributed by atoms with van der Waals surface area (Å²) in [4.78, 5) is 10.8. The molecule has 0 bridgehead atoms. The zero-order valence-electron chi connectivity index (χ0n) is 14.5. The number of nitrogens with one attached hydrogen (secondary N) is 1. The monoisotopic (exact) mass is 361 g/mol. The highest BCUT2D eigenvalue weighted by atomic mass is 32.2. The minimum atomic E-state index is -3.49. The Kier molecular flexibility index (Phi) is 5.31. The summed E-state index contributed by atoms with van der Waals surface area (Å²) in [5.41, 5.74) is 0.734. The van der Waals surface area contributed by atoms with E-state index in [-0.39, 0.29) is 0 Å². The van der Waals surface area contributed by atoms with E-state index in [4.69, 9.17) is 0 Å². The summed E-state index contributed by atoms with van der Waals surface area (Å²) in [5.74, 6) is 1.35. The third-order valence-electron chi connectivity index (χ3n) is 4.29. The van der Waals surface area contributed by atoms with Crippen molar-refractivity contribution >= 4 is 15.8 Å². The average Bonchev–Trinajstić information content (AvgIpc) is 2.61. The first-order valence-electron chi connectivity index (χ1n) is 8.27. The van der Waals surface area contributed by atoms with Gasteiger partial charge in [-0.05, 0) is 31.7 Å². The van der Waals surface area contributed by atoms with Crippen LogP contribution in [0.1, 0.15) is 11.4 Å². The molecule has 1 fully saturated rings. The maximum absolute atomic E-state index is 13.0. The van der Waals surface area contributed by atoms with Crippen LogP contribution in [0.15, 0.2) is 41.4 Å². The standard InChI is InChI=1S/C17H23N5O2S/c1-14-18-8-7-17(20-14)19-13-15-5-3-4-6-16(15)25(23,24)22-11-9-21(2)10-12-22/h3-8H,9-13H2,1-2H3,(H,18,19,20). The maximum Gasteiger partial charge on any atom is 0.243 e. The summed E-state index contributed by atoms with van der Waals surface area (Å²) in [5, 5.41) is 3.18. The highest BCUT2D eigenvalue weighted by Crippen LogP contribution is 2.22. The largest absolute Gasteiger partial charge is 0.366 e. The number of hydrogen-bond donors (Lipinski definition) is 1. The number of nitrogens with zero attached hydrogens (tertiary/aromatic N) is 4. The number of benzene rings is 1. The molecule has 134 valence electrons. The molecule has 0 unspecified atom stereocenters. The normalized spacial score (nSPS) is 16.7. The van der Waals surface area contributed by atoms with Crippen molar-refractivity contribution in [3.05, 3.63) is 47.9 Å². The van der Waals surface area contributed by atoms with Gasteiger partial charge in [-0.3, -0.25) is 0 Å². The molecule has 7 nitrogen and oxygen atoms in total. The van der Waals surface area contributed by atoms with Gasteiger partial charge in [0.15, 0.2) is 0 Å². The Labute approximate surface area is 148 Å². The highest BCUT2D eigenvalue weighted by molar-refractivity contribution is 7.89. The van der Waals surface area contributed by atoms with E-state index in [0.29, 0.717) is 36.2 Å². The molecule has 8 heteroatoms. The van der Waals surface area contributed by atoms with Gasteiger partial charge in [-0.15, -0.1) is 0 Å². The third kappa shape index (κ3) is 4.15. The summed E-state index contributed by atoms with van der Waals surface area (Å²) in [7, 11) is -1.49. The molecule has 25 heavy (non-hydrogen) atoms. The molecule has 1 aromatic carbocycles. The lowest BCUT2D eigenvalue weighted by atomic mass is 10.2. The molecule has 1 N–H and O–H groups in total. The van der Waals surface area contributed by atoms with E-state index >= 15 is 0 Å². The van der Waals surface area contributed by atoms with Crippen molar-refractivity contribution in [2.45, 2.75) is 18.4 Å². The zero-order valence-corrected chi connectivity index (χ0v) is 15.3. The van der Waals surface area contributed by atoms with Crippen molar-refractivity contribution in [2.75, 3.05) is 38.5 Å². The number of sulfonamides is 1. The van der Waals surface area contributed by atoms with Gasteiger partial charge < -0.3 is 10.2 Å². The van der Waals surface area contributed by atoms with Gasteiger partial charge in [0.1, 0.15) is 11.6 Å². The van der Waals surface area contributed by atoms with Gasteiger partial charge in [0, 0.05) is 38.9 Å². The van der Waals surface area contributed by atoms with Gasteiger partial charge >= 0.3 is 0 Å². The first-order valence-corrected chi connectivity index (χ1v) is 9.71. The number of aromatic nitrogens is 2. The lowest BCUT2D eigenvalue weighted by molar-refractivity contribution is 0.222. The van der Waals surface area contributed by atoms with Gasteiger partial charge in [-0.2, -0.15) is 4.31 Å². The van der Waals surface area contributed by atoms with Gasteiger partial charge in [-0.25, -0.2) is 18.4 Å². The summed E-state index contributed by atoms with van der Waals surface area (Å²) in [6, 6.07) is 8.90. The van der Waals surface area contributed by atoms with Crippen LogP contribution in [0.4, 0.5) is 5.82 Å². The predicted molar refractivity (Wildman–Crippen MR) is 96.8 cm³/mol. The molecule has 1 aliphatic rings. The van der Waals surface area contributed by atoms with Crippen molar-refractivity contribution in [2.24, 2.45) is 0 Å². The van der Waals surface area contributed by atoms with Crippen molar-refractivity contribution in [1.29, 1.82) is 0 Å². The van der Waals surface area contributed by atoms with E-state index < -0.39 is 10.0 Å². The Hall–Kier alpha value is -2.03. The minimum absolute atomic E-state index is 0.359. The maximum atomic E-state index is 13.0. The van der Waals surface area contributed by atoms with Crippen LogP contribution < -0.4 is 5.32 Å². The molecule has 2 heterocycles. The second-order valence-corrected chi connectivity index (χ2v) is 8.06. The van der Waals surface area contributed by atoms with E-state index in [0.717, 1.165) is 18.7 Å². The van der Waals surface area contributed by atoms with Crippen LogP contribution in [0.3, 0.4) is 0 Å². The fraction of sp³-hybridized carbons (Fsp3) is 0.412. The van der Waals surface area contributed by atoms with E-state index in [1.54, 1.807) is 28.7 Å². The molecule has 1 aromatic heterocycles. The van der Waals surface area contributed by atoms with Crippen molar-refractivity contribution in [3.63, 3.8) is 0 Å². The number of hydrogen-bond acceptors (Lipinski definition) is 6. The van der Waals surface area contributed by atoms with Crippen molar-refractivity contribution in [1.82, 2.24) is 19.2 Å². The van der Waals surface area contributed by atoms with Gasteiger partial charge in [0.2, 0.25) is 10.0 Å². The molecule has 0 atom stereocenters. The van der Waals surface area contributed by atoms with Gasteiger partial charge in [0.05, 0.1) is 4.90 Å². The first kappa shape index (κ1) is 17.8. The molecule has 0 saturated carbocycles. The zero-order chi connectivity index (χ0) is 17.9. The molecule has 1 saturated heterocycles. The van der Waals surface area contributed by atoms with Crippen LogP contribution in [0.25, 0.3) is 0 Å². The summed E-state index contributed by atoms with van der Waals surface area (Å²) >= 11 is 0. The second kappa shape index (κ2) is 7.47. The number of aryl methyl sites for hydroxylation is 1. The van der Waals surface area contributed by atoms with Gasteiger partial charge in [0.25, 0.3) is 0 Å². The van der Waals surface area contributed by atoms with E-state index in [9.17, 15) is 8.42 Å². The Bertz CT molecular complexity index is 832. The first-order chi connectivity index (χ1) is 12.0. The fourth-order valence-electron chi connectivity index (χ4n) is 2.81. The van der Waals surface area contributed by atoms with Crippen molar-refractivity contribution in [3.8, 4) is 0 Å². The molecular formula is C17H23N5O2S. The quantitative estimate of drug-likeness (QED) is 0.866. The fourth-order valence-corrected chi connectivity index (χ4v) is 4.45. The SMILES string of the molecule is Cc1nccc(NCc2ccccc2S(=O)(=O)N2CCN(C)CC2)n1. The lowest BCUT2D eigenvalue weighted by Gasteiger charge is -2.32. The van der Waals surface area contributed by atoms with E-state index in [2.05, 4.69) is 20.2 Å². The molecule has 1 aliphatic heterocycles. The predicted octanol–water partition coefficient (Wildman–Crippen LogP) is 1.33. The van der Waals surface area contributed by atoms with E-state index in [1.165, 1.54) is 0 Å². The second-order valence-electron chi connectivity index (χ2n) is 6.16. The smallest absolute Gasteiger partial charge is 0.243 e. The molecule has 0 aliphatic carbocycles. The van der Waals surface area contributed by atoms with Crippen LogP contribution in [0.5, 0.6) is 0 Å². The number of piperazine rings is 1. The third-order valence-corrected chi connectivity index (χ3v) is 6.29. The topological polar surface area (TPSA) is 78.4 Å².